The fraction of sp³-hybridized carbons (Fsp3) is 0.0714. The maximum Gasteiger partial charge on any atom is 0.248 e. The highest BCUT2D eigenvalue weighted by Gasteiger charge is 2.15. The van der Waals surface area contributed by atoms with Gasteiger partial charge in [-0.15, -0.1) is 0 Å². The molecule has 0 heterocycles. The van der Waals surface area contributed by atoms with Crippen molar-refractivity contribution >= 4 is 34.0 Å². The highest BCUT2D eigenvalue weighted by Crippen LogP contribution is 2.27. The van der Waals surface area contributed by atoms with E-state index in [1.54, 1.807) is 18.2 Å². The maximum absolute atomic E-state index is 13.9. The van der Waals surface area contributed by atoms with Crippen LogP contribution >= 0.6 is 11.6 Å². The van der Waals surface area contributed by atoms with Gasteiger partial charge in [0.2, 0.25) is 5.91 Å². The number of amides is 1. The molecule has 1 amide bonds. The monoisotopic (exact) mass is 326 g/mol. The predicted octanol–water partition coefficient (Wildman–Crippen LogP) is 2.47. The van der Waals surface area contributed by atoms with Gasteiger partial charge in [0.05, 0.1) is 26.5 Å². The van der Waals surface area contributed by atoms with Crippen molar-refractivity contribution in [2.45, 2.75) is 10.6 Å². The van der Waals surface area contributed by atoms with Gasteiger partial charge in [-0.05, 0) is 24.3 Å². The van der Waals surface area contributed by atoms with Crippen molar-refractivity contribution in [3.8, 4) is 0 Å². The Labute approximate surface area is 128 Å². The third-order valence-corrected chi connectivity index (χ3v) is 4.76. The molecule has 0 fully saturated rings. The van der Waals surface area contributed by atoms with Crippen molar-refractivity contribution < 1.29 is 13.4 Å². The number of hydrogen-bond acceptors (Lipinski definition) is 3. The van der Waals surface area contributed by atoms with E-state index in [9.17, 15) is 13.4 Å². The molecule has 7 heteroatoms. The normalized spacial score (nSPS) is 12.1. The van der Waals surface area contributed by atoms with Gasteiger partial charge in [0, 0.05) is 16.8 Å². The van der Waals surface area contributed by atoms with E-state index >= 15 is 0 Å². The average Bonchev–Trinajstić information content (AvgIpc) is 2.40. The van der Waals surface area contributed by atoms with E-state index in [0.717, 1.165) is 6.07 Å². The van der Waals surface area contributed by atoms with Gasteiger partial charge in [0.15, 0.2) is 0 Å². The van der Waals surface area contributed by atoms with Crippen molar-refractivity contribution in [3.05, 3.63) is 58.4 Å². The summed E-state index contributed by atoms with van der Waals surface area (Å²) in [6.07, 6.45) is 0. The number of carbonyl (C=O) groups is 1. The third-order valence-electron chi connectivity index (χ3n) is 2.85. The first-order valence-electron chi connectivity index (χ1n) is 5.90. The van der Waals surface area contributed by atoms with Crippen LogP contribution in [0.1, 0.15) is 15.9 Å². The van der Waals surface area contributed by atoms with Gasteiger partial charge in [-0.3, -0.25) is 9.00 Å². The fourth-order valence-corrected chi connectivity index (χ4v) is 3.51. The van der Waals surface area contributed by atoms with E-state index in [1.807, 2.05) is 0 Å². The maximum atomic E-state index is 13.9. The van der Waals surface area contributed by atoms with Crippen LogP contribution in [0.4, 0.5) is 10.1 Å². The minimum absolute atomic E-state index is 0.0549. The van der Waals surface area contributed by atoms with Crippen molar-refractivity contribution in [1.82, 2.24) is 0 Å². The summed E-state index contributed by atoms with van der Waals surface area (Å²) in [6, 6.07) is 8.56. The highest BCUT2D eigenvalue weighted by molar-refractivity contribution is 7.84. The summed E-state index contributed by atoms with van der Waals surface area (Å²) in [5, 5.41) is 0.266. The molecule has 2 rings (SSSR count). The lowest BCUT2D eigenvalue weighted by Crippen LogP contribution is -2.12. The van der Waals surface area contributed by atoms with Crippen molar-refractivity contribution in [1.29, 1.82) is 0 Å². The lowest BCUT2D eigenvalue weighted by atomic mass is 10.1. The second kappa shape index (κ2) is 6.24. The second-order valence-corrected chi connectivity index (χ2v) is 6.11. The largest absolute Gasteiger partial charge is 0.398 e. The topological polar surface area (TPSA) is 86.2 Å². The number of hydrogen-bond donors (Lipinski definition) is 2. The molecule has 0 bridgehead atoms. The van der Waals surface area contributed by atoms with E-state index in [2.05, 4.69) is 0 Å². The number of nitrogens with two attached hydrogens (primary N) is 2. The van der Waals surface area contributed by atoms with Gasteiger partial charge >= 0.3 is 0 Å². The van der Waals surface area contributed by atoms with Crippen molar-refractivity contribution in [3.63, 3.8) is 0 Å². The highest BCUT2D eigenvalue weighted by atomic mass is 35.5. The molecule has 0 aliphatic rings. The molecule has 0 aliphatic carbocycles. The Bertz CT molecular complexity index is 717. The molecular formula is C14H12ClFN2O2S. The SMILES string of the molecule is NC(=O)c1ccc(CS(=O)c2c(N)cccc2Cl)c(F)c1. The number of anilines is 1. The average molecular weight is 327 g/mol. The summed E-state index contributed by atoms with van der Waals surface area (Å²) < 4.78 is 26.2. The van der Waals surface area contributed by atoms with Crippen LogP contribution in [0, 0.1) is 5.82 Å². The smallest absolute Gasteiger partial charge is 0.248 e. The van der Waals surface area contributed by atoms with Gasteiger partial charge in [0.1, 0.15) is 5.82 Å². The Balaban J connectivity index is 2.30. The van der Waals surface area contributed by atoms with E-state index in [0.29, 0.717) is 0 Å². The summed E-state index contributed by atoms with van der Waals surface area (Å²) in [6.45, 7) is 0. The Morgan fingerprint density at radius 1 is 1.29 bits per heavy atom. The zero-order valence-corrected chi connectivity index (χ0v) is 12.4. The summed E-state index contributed by atoms with van der Waals surface area (Å²) in [5.74, 6) is -1.47. The Morgan fingerprint density at radius 3 is 2.57 bits per heavy atom. The lowest BCUT2D eigenvalue weighted by Gasteiger charge is -2.09. The van der Waals surface area contributed by atoms with E-state index in [4.69, 9.17) is 23.1 Å². The van der Waals surface area contributed by atoms with Gasteiger partial charge < -0.3 is 11.5 Å². The molecule has 0 aromatic heterocycles. The van der Waals surface area contributed by atoms with Gasteiger partial charge in [0.25, 0.3) is 0 Å². The Hall–Kier alpha value is -1.92. The first kappa shape index (κ1) is 15.5. The molecule has 0 saturated heterocycles. The minimum Gasteiger partial charge on any atom is -0.398 e. The molecular weight excluding hydrogens is 315 g/mol. The first-order valence-corrected chi connectivity index (χ1v) is 7.60. The molecule has 110 valence electrons. The first-order chi connectivity index (χ1) is 9.90. The summed E-state index contributed by atoms with van der Waals surface area (Å²) in [4.78, 5) is 11.2. The molecule has 0 aliphatic heterocycles. The molecule has 21 heavy (non-hydrogen) atoms. The van der Waals surface area contributed by atoms with Gasteiger partial charge in [-0.1, -0.05) is 23.7 Å². The standard InChI is InChI=1S/C14H12ClFN2O2S/c15-10-2-1-3-12(17)13(10)21(20)7-9-5-4-8(14(18)19)6-11(9)16/h1-6H,7,17H2,(H2,18,19). The molecule has 0 saturated carbocycles. The fourth-order valence-electron chi connectivity index (χ4n) is 1.80. The van der Waals surface area contributed by atoms with E-state index in [-0.39, 0.29) is 32.5 Å². The molecule has 0 radical (unpaired) electrons. The molecule has 0 spiro atoms. The van der Waals surface area contributed by atoms with Gasteiger partial charge in [-0.25, -0.2) is 4.39 Å². The third kappa shape index (κ3) is 3.40. The molecule has 2 aromatic carbocycles. The van der Waals surface area contributed by atoms with Crippen molar-refractivity contribution in [2.75, 3.05) is 5.73 Å². The molecule has 4 nitrogen and oxygen atoms in total. The van der Waals surface area contributed by atoms with Crippen molar-refractivity contribution in [2.24, 2.45) is 5.73 Å². The number of halogens is 2. The Kier molecular flexibility index (Phi) is 4.59. The van der Waals surface area contributed by atoms with Crippen LogP contribution in [-0.4, -0.2) is 10.1 Å². The van der Waals surface area contributed by atoms with Gasteiger partial charge in [-0.2, -0.15) is 0 Å². The second-order valence-electron chi connectivity index (χ2n) is 4.32. The van der Waals surface area contributed by atoms with Crippen LogP contribution in [0.25, 0.3) is 0 Å². The molecule has 2 aromatic rings. The zero-order chi connectivity index (χ0) is 15.6. The summed E-state index contributed by atoms with van der Waals surface area (Å²) in [5.41, 5.74) is 11.3. The molecule has 4 N–H and O–H groups in total. The number of benzene rings is 2. The number of nitrogen functional groups attached to an aromatic ring is 1. The molecule has 1 atom stereocenters. The predicted molar refractivity (Wildman–Crippen MR) is 80.9 cm³/mol. The number of rotatable bonds is 4. The van der Waals surface area contributed by atoms with E-state index in [1.165, 1.54) is 12.1 Å². The quantitative estimate of drug-likeness (QED) is 0.846. The number of carbonyl (C=O) groups excluding carboxylic acids is 1. The minimum atomic E-state index is -1.60. The van der Waals surface area contributed by atoms with Crippen LogP contribution in [0.5, 0.6) is 0 Å². The van der Waals surface area contributed by atoms with Crippen LogP contribution in [-0.2, 0) is 16.6 Å². The van der Waals surface area contributed by atoms with Crippen LogP contribution in [0.15, 0.2) is 41.3 Å². The van der Waals surface area contributed by atoms with E-state index < -0.39 is 22.5 Å². The number of primary amides is 1. The Morgan fingerprint density at radius 2 is 2.00 bits per heavy atom. The molecule has 1 unspecified atom stereocenters. The summed E-state index contributed by atoms with van der Waals surface area (Å²) >= 11 is 5.97. The zero-order valence-electron chi connectivity index (χ0n) is 10.8. The van der Waals surface area contributed by atoms with Crippen LogP contribution < -0.4 is 11.5 Å². The summed E-state index contributed by atoms with van der Waals surface area (Å²) in [7, 11) is -1.60. The lowest BCUT2D eigenvalue weighted by molar-refractivity contribution is 0.1000. The van der Waals surface area contributed by atoms with Crippen LogP contribution in [0.2, 0.25) is 5.02 Å². The van der Waals surface area contributed by atoms with Crippen LogP contribution in [0.3, 0.4) is 0 Å².